The lowest BCUT2D eigenvalue weighted by molar-refractivity contribution is 0.153. The van der Waals surface area contributed by atoms with Crippen LogP contribution in [0.2, 0.25) is 5.02 Å². The Morgan fingerprint density at radius 1 is 1.47 bits per heavy atom. The third-order valence-corrected chi connectivity index (χ3v) is 4.21. The molecule has 0 aromatic heterocycles. The van der Waals surface area contributed by atoms with Crippen LogP contribution in [0, 0.1) is 5.82 Å². The first-order valence-corrected chi connectivity index (χ1v) is 7.54. The average Bonchev–Trinajstić information content (AvgIpc) is 2.37. The van der Waals surface area contributed by atoms with E-state index in [1.807, 2.05) is 0 Å². The van der Waals surface area contributed by atoms with E-state index in [-0.39, 0.29) is 35.2 Å². The van der Waals surface area contributed by atoms with Gasteiger partial charge in [-0.3, -0.25) is 0 Å². The number of hydrogen-bond acceptors (Lipinski definition) is 4. The molecule has 0 bridgehead atoms. The molecule has 0 saturated carbocycles. The molecule has 0 aliphatic rings. The van der Waals surface area contributed by atoms with E-state index in [1.165, 1.54) is 6.07 Å². The molecule has 3 N–H and O–H groups in total. The Bertz CT molecular complexity index is 537. The van der Waals surface area contributed by atoms with Crippen molar-refractivity contribution >= 4 is 21.6 Å². The fourth-order valence-electron chi connectivity index (χ4n) is 1.40. The van der Waals surface area contributed by atoms with Crippen LogP contribution in [-0.4, -0.2) is 28.2 Å². The summed E-state index contributed by atoms with van der Waals surface area (Å²) in [6, 6.07) is 2.12. The van der Waals surface area contributed by atoms with Gasteiger partial charge in [-0.05, 0) is 24.6 Å². The maximum absolute atomic E-state index is 13.5. The highest BCUT2D eigenvalue weighted by Crippen LogP contribution is 2.23. The molecule has 0 saturated heterocycles. The van der Waals surface area contributed by atoms with E-state index >= 15 is 0 Å². The lowest BCUT2D eigenvalue weighted by Gasteiger charge is -2.10. The zero-order valence-electron chi connectivity index (χ0n) is 10.4. The molecule has 5 nitrogen and oxygen atoms in total. The summed E-state index contributed by atoms with van der Waals surface area (Å²) >= 11 is 5.67. The molecule has 0 spiro atoms. The highest BCUT2D eigenvalue weighted by atomic mass is 35.5. The van der Waals surface area contributed by atoms with E-state index in [4.69, 9.17) is 22.1 Å². The third-order valence-electron chi connectivity index (χ3n) is 2.35. The fraction of sp³-hybridized carbons (Fsp3) is 0.455. The van der Waals surface area contributed by atoms with E-state index in [9.17, 15) is 12.8 Å². The van der Waals surface area contributed by atoms with Gasteiger partial charge in [0.2, 0.25) is 10.0 Å². The second-order valence-electron chi connectivity index (χ2n) is 3.68. The number of nitrogens with two attached hydrogens (primary N) is 1. The average molecular weight is 311 g/mol. The van der Waals surface area contributed by atoms with Crippen LogP contribution >= 0.6 is 11.6 Å². The highest BCUT2D eigenvalue weighted by Gasteiger charge is 2.18. The van der Waals surface area contributed by atoms with E-state index in [0.717, 1.165) is 6.07 Å². The van der Waals surface area contributed by atoms with Crippen molar-refractivity contribution in [3.63, 3.8) is 0 Å². The molecular formula is C11H16ClFN2O3S. The molecule has 108 valence electrons. The van der Waals surface area contributed by atoms with Gasteiger partial charge in [-0.1, -0.05) is 11.6 Å². The van der Waals surface area contributed by atoms with Crippen LogP contribution in [0.15, 0.2) is 17.0 Å². The summed E-state index contributed by atoms with van der Waals surface area (Å²) in [7, 11) is -3.80. The fourth-order valence-corrected chi connectivity index (χ4v) is 2.66. The Kier molecular flexibility index (Phi) is 6.15. The first-order valence-electron chi connectivity index (χ1n) is 5.67. The van der Waals surface area contributed by atoms with Crippen LogP contribution in [0.4, 0.5) is 4.39 Å². The van der Waals surface area contributed by atoms with Crippen molar-refractivity contribution < 1.29 is 17.5 Å². The molecule has 0 heterocycles. The number of benzene rings is 1. The van der Waals surface area contributed by atoms with Gasteiger partial charge in [0.25, 0.3) is 0 Å². The molecule has 0 radical (unpaired) electrons. The summed E-state index contributed by atoms with van der Waals surface area (Å²) < 4.78 is 44.6. The van der Waals surface area contributed by atoms with Gasteiger partial charge >= 0.3 is 0 Å². The molecule has 0 fully saturated rings. The predicted molar refractivity (Wildman–Crippen MR) is 71.0 cm³/mol. The normalized spacial score (nSPS) is 11.8. The Hall–Kier alpha value is -0.730. The van der Waals surface area contributed by atoms with E-state index in [0.29, 0.717) is 6.61 Å². The largest absolute Gasteiger partial charge is 0.380 e. The maximum atomic E-state index is 13.5. The number of rotatable bonds is 7. The summed E-state index contributed by atoms with van der Waals surface area (Å²) in [5.41, 5.74) is 5.63. The number of halogens is 2. The zero-order chi connectivity index (χ0) is 14.5. The molecular weight excluding hydrogens is 295 g/mol. The van der Waals surface area contributed by atoms with Gasteiger partial charge in [0, 0.05) is 19.7 Å². The van der Waals surface area contributed by atoms with Gasteiger partial charge in [-0.15, -0.1) is 0 Å². The van der Waals surface area contributed by atoms with Crippen LogP contribution in [0.3, 0.4) is 0 Å². The number of sulfonamides is 1. The number of hydrogen-bond donors (Lipinski definition) is 2. The minimum atomic E-state index is -3.80. The maximum Gasteiger partial charge on any atom is 0.240 e. The molecule has 0 aliphatic carbocycles. The van der Waals surface area contributed by atoms with Gasteiger partial charge in [0.15, 0.2) is 0 Å². The highest BCUT2D eigenvalue weighted by molar-refractivity contribution is 7.89. The molecule has 1 aromatic rings. The van der Waals surface area contributed by atoms with Gasteiger partial charge < -0.3 is 10.5 Å². The minimum absolute atomic E-state index is 0.0436. The SMILES string of the molecule is CCOCCNS(=O)(=O)c1cc(F)c(Cl)c(CN)c1. The summed E-state index contributed by atoms with van der Waals surface area (Å²) in [5.74, 6) is -0.810. The van der Waals surface area contributed by atoms with E-state index < -0.39 is 15.8 Å². The molecule has 0 unspecified atom stereocenters. The minimum Gasteiger partial charge on any atom is -0.380 e. The van der Waals surface area contributed by atoms with Crippen LogP contribution in [0.1, 0.15) is 12.5 Å². The predicted octanol–water partition coefficient (Wildman–Crippen LogP) is 1.25. The zero-order valence-corrected chi connectivity index (χ0v) is 12.0. The topological polar surface area (TPSA) is 81.4 Å². The molecule has 1 aromatic carbocycles. The molecule has 0 aliphatic heterocycles. The van der Waals surface area contributed by atoms with Gasteiger partial charge in [-0.25, -0.2) is 17.5 Å². The molecule has 0 atom stereocenters. The van der Waals surface area contributed by atoms with Crippen molar-refractivity contribution in [3.8, 4) is 0 Å². The van der Waals surface area contributed by atoms with Gasteiger partial charge in [-0.2, -0.15) is 0 Å². The standard InChI is InChI=1S/C11H16ClFN2O3S/c1-2-18-4-3-15-19(16,17)9-5-8(7-14)11(12)10(13)6-9/h5-6,15H,2-4,7,14H2,1H3. The van der Waals surface area contributed by atoms with Crippen LogP contribution in [0.5, 0.6) is 0 Å². The Labute approximate surface area is 116 Å². The first-order chi connectivity index (χ1) is 8.92. The summed E-state index contributed by atoms with van der Waals surface area (Å²) in [6.45, 7) is 2.61. The summed E-state index contributed by atoms with van der Waals surface area (Å²) in [5, 5.41) is -0.157. The number of nitrogens with one attached hydrogen (secondary N) is 1. The lowest BCUT2D eigenvalue weighted by Crippen LogP contribution is -2.27. The van der Waals surface area contributed by atoms with E-state index in [2.05, 4.69) is 4.72 Å². The van der Waals surface area contributed by atoms with Gasteiger partial charge in [0.05, 0.1) is 16.5 Å². The third kappa shape index (κ3) is 4.39. The van der Waals surface area contributed by atoms with Crippen molar-refractivity contribution in [3.05, 3.63) is 28.5 Å². The quantitative estimate of drug-likeness (QED) is 0.743. The monoisotopic (exact) mass is 310 g/mol. The summed E-state index contributed by atoms with van der Waals surface area (Å²) in [6.07, 6.45) is 0. The Morgan fingerprint density at radius 2 is 2.16 bits per heavy atom. The Balaban J connectivity index is 2.92. The van der Waals surface area contributed by atoms with Crippen molar-refractivity contribution in [1.29, 1.82) is 0 Å². The molecule has 8 heteroatoms. The lowest BCUT2D eigenvalue weighted by atomic mass is 10.2. The van der Waals surface area contributed by atoms with Crippen molar-refractivity contribution in [2.75, 3.05) is 19.8 Å². The molecule has 19 heavy (non-hydrogen) atoms. The van der Waals surface area contributed by atoms with Crippen molar-refractivity contribution in [2.45, 2.75) is 18.4 Å². The van der Waals surface area contributed by atoms with Crippen LogP contribution < -0.4 is 10.5 Å². The molecule has 0 amide bonds. The molecule has 1 rings (SSSR count). The summed E-state index contributed by atoms with van der Waals surface area (Å²) in [4.78, 5) is -0.202. The van der Waals surface area contributed by atoms with Crippen LogP contribution in [-0.2, 0) is 21.3 Å². The van der Waals surface area contributed by atoms with E-state index in [1.54, 1.807) is 6.92 Å². The van der Waals surface area contributed by atoms with Crippen LogP contribution in [0.25, 0.3) is 0 Å². The van der Waals surface area contributed by atoms with Gasteiger partial charge in [0.1, 0.15) is 5.82 Å². The number of ether oxygens (including phenoxy) is 1. The van der Waals surface area contributed by atoms with Crippen molar-refractivity contribution in [1.82, 2.24) is 4.72 Å². The van der Waals surface area contributed by atoms with Crippen molar-refractivity contribution in [2.24, 2.45) is 5.73 Å². The Morgan fingerprint density at radius 3 is 2.74 bits per heavy atom. The first kappa shape index (κ1) is 16.3. The second-order valence-corrected chi connectivity index (χ2v) is 5.82. The smallest absolute Gasteiger partial charge is 0.240 e. The second kappa shape index (κ2) is 7.16.